The summed E-state index contributed by atoms with van der Waals surface area (Å²) in [4.78, 5) is 11.5. The molecule has 1 atom stereocenters. The number of ether oxygens (including phenoxy) is 3. The zero-order chi connectivity index (χ0) is 19.2. The maximum atomic E-state index is 13.7. The SMILES string of the molecule is COc1ccnc(CSc2nc3cc4c(cc3[nH]2)OC(F)(F)C(F)(Cl)O4)c1. The molecule has 142 valence electrons. The van der Waals surface area contributed by atoms with Gasteiger partial charge in [0.15, 0.2) is 16.7 Å². The van der Waals surface area contributed by atoms with Crippen LogP contribution in [-0.4, -0.2) is 33.5 Å². The van der Waals surface area contributed by atoms with Gasteiger partial charge in [0.25, 0.3) is 0 Å². The zero-order valence-electron chi connectivity index (χ0n) is 13.6. The Morgan fingerprint density at radius 3 is 2.78 bits per heavy atom. The van der Waals surface area contributed by atoms with Gasteiger partial charge in [-0.2, -0.15) is 13.2 Å². The Bertz CT molecular complexity index is 962. The number of H-pyrrole nitrogens is 1. The van der Waals surface area contributed by atoms with Crippen LogP contribution in [0, 0.1) is 0 Å². The quantitative estimate of drug-likeness (QED) is 0.498. The number of halogens is 4. The van der Waals surface area contributed by atoms with E-state index in [1.165, 1.54) is 23.9 Å². The summed E-state index contributed by atoms with van der Waals surface area (Å²) in [6, 6.07) is 6.06. The molecular formula is C16H11ClF3N3O3S. The summed E-state index contributed by atoms with van der Waals surface area (Å²) in [7, 11) is 1.56. The van der Waals surface area contributed by atoms with Crippen molar-refractivity contribution in [3.63, 3.8) is 0 Å². The lowest BCUT2D eigenvalue weighted by Gasteiger charge is -2.33. The Morgan fingerprint density at radius 2 is 2.00 bits per heavy atom. The third-order valence-corrected chi connectivity index (χ3v) is 4.93. The van der Waals surface area contributed by atoms with Crippen molar-refractivity contribution in [2.45, 2.75) is 22.3 Å². The van der Waals surface area contributed by atoms with Crippen LogP contribution in [0.1, 0.15) is 5.69 Å². The molecule has 1 aliphatic heterocycles. The number of methoxy groups -OCH3 is 1. The molecular weight excluding hydrogens is 407 g/mol. The molecule has 0 saturated carbocycles. The molecule has 1 aliphatic rings. The number of nitrogens with one attached hydrogen (secondary N) is 1. The Hall–Kier alpha value is -2.33. The first-order valence-corrected chi connectivity index (χ1v) is 8.93. The second-order valence-electron chi connectivity index (χ2n) is 5.57. The summed E-state index contributed by atoms with van der Waals surface area (Å²) in [5.74, 6) is 0.584. The smallest absolute Gasteiger partial charge is 0.488 e. The van der Waals surface area contributed by atoms with Crippen molar-refractivity contribution in [2.24, 2.45) is 0 Å². The molecule has 1 unspecified atom stereocenters. The number of imidazole rings is 1. The van der Waals surface area contributed by atoms with Gasteiger partial charge in [0.2, 0.25) is 0 Å². The summed E-state index contributed by atoms with van der Waals surface area (Å²) < 4.78 is 54.8. The first kappa shape index (κ1) is 18.1. The van der Waals surface area contributed by atoms with E-state index in [1.54, 1.807) is 25.4 Å². The molecule has 11 heteroatoms. The van der Waals surface area contributed by atoms with E-state index in [2.05, 4.69) is 24.4 Å². The molecule has 2 aromatic heterocycles. The number of thioether (sulfide) groups is 1. The number of pyridine rings is 1. The highest BCUT2D eigenvalue weighted by molar-refractivity contribution is 7.98. The first-order chi connectivity index (χ1) is 12.8. The predicted octanol–water partition coefficient (Wildman–Crippen LogP) is 4.48. The van der Waals surface area contributed by atoms with Crippen LogP contribution in [-0.2, 0) is 5.75 Å². The molecule has 27 heavy (non-hydrogen) atoms. The number of hydrogen-bond donors (Lipinski definition) is 1. The Kier molecular flexibility index (Phi) is 4.26. The van der Waals surface area contributed by atoms with E-state index >= 15 is 0 Å². The van der Waals surface area contributed by atoms with Crippen molar-refractivity contribution in [1.29, 1.82) is 0 Å². The van der Waals surface area contributed by atoms with Crippen molar-refractivity contribution in [3.8, 4) is 17.2 Å². The number of nitrogens with zero attached hydrogens (tertiary/aromatic N) is 2. The van der Waals surface area contributed by atoms with E-state index < -0.39 is 11.4 Å². The summed E-state index contributed by atoms with van der Waals surface area (Å²) in [5.41, 5.74) is 1.58. The van der Waals surface area contributed by atoms with Crippen LogP contribution in [0.25, 0.3) is 11.0 Å². The standard InChI is InChI=1S/C16H11ClF3N3O3S/c1-24-9-2-3-21-8(4-9)7-27-14-22-10-5-12-13(6-11(10)23-14)26-16(19,20)15(17,18)25-12/h2-6H,7H2,1H3,(H,22,23). The highest BCUT2D eigenvalue weighted by Crippen LogP contribution is 2.49. The topological polar surface area (TPSA) is 69.3 Å². The molecule has 0 spiro atoms. The number of alkyl halides is 4. The fraction of sp³-hybridized carbons (Fsp3) is 0.250. The van der Waals surface area contributed by atoms with Crippen LogP contribution in [0.4, 0.5) is 13.2 Å². The lowest BCUT2D eigenvalue weighted by atomic mass is 10.2. The number of aromatic nitrogens is 3. The van der Waals surface area contributed by atoms with Crippen LogP contribution in [0.2, 0.25) is 0 Å². The summed E-state index contributed by atoms with van der Waals surface area (Å²) in [6.07, 6.45) is -2.70. The van der Waals surface area contributed by atoms with Gasteiger partial charge in [0.1, 0.15) is 5.75 Å². The fourth-order valence-corrected chi connectivity index (χ4v) is 3.33. The largest absolute Gasteiger partial charge is 0.497 e. The summed E-state index contributed by atoms with van der Waals surface area (Å²) >= 11 is 6.42. The van der Waals surface area contributed by atoms with Gasteiger partial charge in [-0.25, -0.2) is 4.98 Å². The molecule has 1 N–H and O–H groups in total. The third kappa shape index (κ3) is 3.34. The van der Waals surface area contributed by atoms with E-state index in [4.69, 9.17) is 16.3 Å². The van der Waals surface area contributed by atoms with Gasteiger partial charge in [-0.1, -0.05) is 11.8 Å². The summed E-state index contributed by atoms with van der Waals surface area (Å²) in [6.45, 7) is 0. The van der Waals surface area contributed by atoms with E-state index in [-0.39, 0.29) is 11.5 Å². The van der Waals surface area contributed by atoms with Crippen LogP contribution < -0.4 is 14.2 Å². The molecule has 3 aromatic rings. The predicted molar refractivity (Wildman–Crippen MR) is 92.3 cm³/mol. The normalized spacial score (nSPS) is 20.6. The Morgan fingerprint density at radius 1 is 1.22 bits per heavy atom. The van der Waals surface area contributed by atoms with Crippen LogP contribution in [0.5, 0.6) is 17.2 Å². The van der Waals surface area contributed by atoms with Crippen molar-refractivity contribution >= 4 is 34.4 Å². The van der Waals surface area contributed by atoms with Gasteiger partial charge < -0.3 is 19.2 Å². The minimum Gasteiger partial charge on any atom is -0.497 e. The second kappa shape index (κ2) is 6.38. The van der Waals surface area contributed by atoms with Gasteiger partial charge in [-0.15, -0.1) is 0 Å². The molecule has 0 bridgehead atoms. The number of aromatic amines is 1. The monoisotopic (exact) mass is 417 g/mol. The number of benzene rings is 1. The molecule has 0 radical (unpaired) electrons. The molecule has 0 fully saturated rings. The van der Waals surface area contributed by atoms with Crippen molar-refractivity contribution in [1.82, 2.24) is 15.0 Å². The number of hydrogen-bond acceptors (Lipinski definition) is 6. The minimum absolute atomic E-state index is 0.261. The average molecular weight is 418 g/mol. The molecule has 0 saturated heterocycles. The number of rotatable bonds is 4. The lowest BCUT2D eigenvalue weighted by Crippen LogP contribution is -2.51. The van der Waals surface area contributed by atoms with Gasteiger partial charge in [-0.3, -0.25) is 4.98 Å². The van der Waals surface area contributed by atoms with E-state index in [0.717, 1.165) is 5.69 Å². The maximum Gasteiger partial charge on any atom is 0.488 e. The van der Waals surface area contributed by atoms with Crippen molar-refractivity contribution in [2.75, 3.05) is 7.11 Å². The third-order valence-electron chi connectivity index (χ3n) is 3.72. The molecule has 0 amide bonds. The van der Waals surface area contributed by atoms with E-state index in [1.807, 2.05) is 0 Å². The van der Waals surface area contributed by atoms with Crippen molar-refractivity contribution in [3.05, 3.63) is 36.2 Å². The minimum atomic E-state index is -4.33. The molecule has 4 rings (SSSR count). The zero-order valence-corrected chi connectivity index (χ0v) is 15.2. The number of fused-ring (bicyclic) bond motifs is 2. The molecule has 6 nitrogen and oxygen atoms in total. The Labute approximate surface area is 160 Å². The first-order valence-electron chi connectivity index (χ1n) is 7.56. The molecule has 0 aliphatic carbocycles. The van der Waals surface area contributed by atoms with Crippen molar-refractivity contribution < 1.29 is 27.4 Å². The second-order valence-corrected chi connectivity index (χ2v) is 7.02. The van der Waals surface area contributed by atoms with Gasteiger partial charge >= 0.3 is 11.4 Å². The van der Waals surface area contributed by atoms with E-state index in [9.17, 15) is 13.2 Å². The van der Waals surface area contributed by atoms with Crippen LogP contribution in [0.15, 0.2) is 35.6 Å². The van der Waals surface area contributed by atoms with E-state index in [0.29, 0.717) is 27.7 Å². The highest BCUT2D eigenvalue weighted by Gasteiger charge is 2.63. The molecule has 3 heterocycles. The molecule has 1 aromatic carbocycles. The van der Waals surface area contributed by atoms with Crippen LogP contribution >= 0.6 is 23.4 Å². The van der Waals surface area contributed by atoms with Gasteiger partial charge in [-0.05, 0) is 17.7 Å². The maximum absolute atomic E-state index is 13.7. The van der Waals surface area contributed by atoms with Gasteiger partial charge in [0.05, 0.1) is 23.8 Å². The van der Waals surface area contributed by atoms with Crippen LogP contribution in [0.3, 0.4) is 0 Å². The average Bonchev–Trinajstić information content (AvgIpc) is 3.00. The fourth-order valence-electron chi connectivity index (χ4n) is 2.42. The van der Waals surface area contributed by atoms with Gasteiger partial charge in [0, 0.05) is 30.1 Å². The Balaban J connectivity index is 1.58. The summed E-state index contributed by atoms with van der Waals surface area (Å²) in [5, 5.41) is -3.28. The highest BCUT2D eigenvalue weighted by atomic mass is 35.5. The lowest BCUT2D eigenvalue weighted by molar-refractivity contribution is -0.303.